The van der Waals surface area contributed by atoms with Crippen molar-refractivity contribution in [2.24, 2.45) is 0 Å². The van der Waals surface area contributed by atoms with Gasteiger partial charge in [-0.1, -0.05) is 29.3 Å². The number of nitrogens with zero attached hydrogens (tertiary/aromatic N) is 2. The molecule has 2 atom stereocenters. The average Bonchev–Trinajstić information content (AvgIpc) is 3.36. The lowest BCUT2D eigenvalue weighted by atomic mass is 9.88. The monoisotopic (exact) mass is 485 g/mol. The highest BCUT2D eigenvalue weighted by Gasteiger charge is 2.36. The standard InChI is InChI=1S/C19H25Cl2N3OS.2ClH/c20-16-2-1-14(9-17(16)21)13-3-5-23(6-4-13)15-10-18(22-11-15)19(25)24-7-8-26-12-24;;/h1-2,9,13,15,18,22H,3-8,10-12H2;2*1H/t15-,18-;;/m0../s1. The molecule has 3 fully saturated rings. The number of carbonyl (C=O) groups excluding carboxylic acids is 1. The Labute approximate surface area is 193 Å². The molecule has 0 spiro atoms. The zero-order valence-corrected chi connectivity index (χ0v) is 19.6. The molecule has 0 bridgehead atoms. The van der Waals surface area contributed by atoms with E-state index in [0.29, 0.717) is 27.9 Å². The second kappa shape index (κ2) is 10.9. The Hall–Kier alpha value is 0.120. The van der Waals surface area contributed by atoms with Gasteiger partial charge in [0.05, 0.1) is 22.0 Å². The van der Waals surface area contributed by atoms with E-state index in [0.717, 1.165) is 57.1 Å². The van der Waals surface area contributed by atoms with Crippen molar-refractivity contribution in [3.8, 4) is 0 Å². The molecule has 9 heteroatoms. The molecule has 0 aliphatic carbocycles. The number of nitrogens with one attached hydrogen (secondary N) is 1. The van der Waals surface area contributed by atoms with Crippen LogP contribution in [0.5, 0.6) is 0 Å². The second-order valence-electron chi connectivity index (χ2n) is 7.47. The van der Waals surface area contributed by atoms with Gasteiger partial charge in [0.25, 0.3) is 0 Å². The number of rotatable bonds is 3. The van der Waals surface area contributed by atoms with Gasteiger partial charge >= 0.3 is 0 Å². The van der Waals surface area contributed by atoms with E-state index in [4.69, 9.17) is 23.2 Å². The number of carbonyl (C=O) groups is 1. The summed E-state index contributed by atoms with van der Waals surface area (Å²) in [7, 11) is 0. The topological polar surface area (TPSA) is 35.6 Å². The summed E-state index contributed by atoms with van der Waals surface area (Å²) in [6, 6.07) is 6.51. The number of hydrogen-bond donors (Lipinski definition) is 1. The third kappa shape index (κ3) is 5.42. The lowest BCUT2D eigenvalue weighted by molar-refractivity contribution is -0.131. The number of thioether (sulfide) groups is 1. The molecule has 1 amide bonds. The maximum absolute atomic E-state index is 12.6. The number of likely N-dealkylation sites (tertiary alicyclic amines) is 1. The Bertz CT molecular complexity index is 667. The van der Waals surface area contributed by atoms with Crippen LogP contribution in [0, 0.1) is 0 Å². The molecule has 3 aliphatic heterocycles. The van der Waals surface area contributed by atoms with Gasteiger partial charge in [0.15, 0.2) is 0 Å². The third-order valence-corrected chi connectivity index (χ3v) is 7.64. The zero-order chi connectivity index (χ0) is 18.1. The summed E-state index contributed by atoms with van der Waals surface area (Å²) < 4.78 is 0. The van der Waals surface area contributed by atoms with Gasteiger partial charge < -0.3 is 10.2 Å². The fraction of sp³-hybridized carbons (Fsp3) is 0.632. The third-order valence-electron chi connectivity index (χ3n) is 5.93. The summed E-state index contributed by atoms with van der Waals surface area (Å²) in [5, 5.41) is 4.73. The Morgan fingerprint density at radius 1 is 1.11 bits per heavy atom. The second-order valence-corrected chi connectivity index (χ2v) is 9.36. The molecule has 1 N–H and O–H groups in total. The van der Waals surface area contributed by atoms with Crippen molar-refractivity contribution >= 4 is 65.7 Å². The largest absolute Gasteiger partial charge is 0.331 e. The smallest absolute Gasteiger partial charge is 0.240 e. The normalized spacial score (nSPS) is 26.0. The van der Waals surface area contributed by atoms with Gasteiger partial charge in [-0.05, 0) is 56.0 Å². The van der Waals surface area contributed by atoms with E-state index in [-0.39, 0.29) is 30.9 Å². The summed E-state index contributed by atoms with van der Waals surface area (Å²) in [5.74, 6) is 2.78. The van der Waals surface area contributed by atoms with E-state index in [9.17, 15) is 4.79 Å². The van der Waals surface area contributed by atoms with Crippen molar-refractivity contribution in [2.45, 2.75) is 37.3 Å². The summed E-state index contributed by atoms with van der Waals surface area (Å²) in [6.07, 6.45) is 3.21. The maximum Gasteiger partial charge on any atom is 0.240 e. The SMILES string of the molecule is Cl.Cl.O=C([C@@H]1C[C@H](N2CCC(c3ccc(Cl)c(Cl)c3)CC2)CN1)N1CCSC1. The highest BCUT2D eigenvalue weighted by molar-refractivity contribution is 7.99. The summed E-state index contributed by atoms with van der Waals surface area (Å²) in [5.41, 5.74) is 1.29. The van der Waals surface area contributed by atoms with Gasteiger partial charge in [-0.3, -0.25) is 9.69 Å². The van der Waals surface area contributed by atoms with Crippen LogP contribution in [0.4, 0.5) is 0 Å². The first kappa shape index (κ1) is 24.4. The molecule has 3 aliphatic rings. The Kier molecular flexibility index (Phi) is 9.53. The van der Waals surface area contributed by atoms with E-state index < -0.39 is 0 Å². The van der Waals surface area contributed by atoms with Gasteiger partial charge in [0.1, 0.15) is 0 Å². The van der Waals surface area contributed by atoms with Crippen LogP contribution >= 0.6 is 59.8 Å². The number of hydrogen-bond acceptors (Lipinski definition) is 4. The van der Waals surface area contributed by atoms with E-state index >= 15 is 0 Å². The fourth-order valence-corrected chi connectivity index (χ4v) is 5.62. The summed E-state index contributed by atoms with van der Waals surface area (Å²) in [4.78, 5) is 17.1. The van der Waals surface area contributed by atoms with Crippen molar-refractivity contribution in [3.63, 3.8) is 0 Å². The van der Waals surface area contributed by atoms with E-state index in [1.165, 1.54) is 5.56 Å². The minimum atomic E-state index is 0. The lowest BCUT2D eigenvalue weighted by Crippen LogP contribution is -2.42. The molecule has 0 saturated carbocycles. The summed E-state index contributed by atoms with van der Waals surface area (Å²) >= 11 is 14.1. The fourth-order valence-electron chi connectivity index (χ4n) is 4.36. The van der Waals surface area contributed by atoms with E-state index in [1.54, 1.807) is 0 Å². The van der Waals surface area contributed by atoms with Crippen molar-refractivity contribution in [3.05, 3.63) is 33.8 Å². The maximum atomic E-state index is 12.6. The highest BCUT2D eigenvalue weighted by atomic mass is 35.5. The molecule has 3 heterocycles. The van der Waals surface area contributed by atoms with Gasteiger partial charge in [-0.25, -0.2) is 0 Å². The number of amides is 1. The van der Waals surface area contributed by atoms with Crippen molar-refractivity contribution in [2.75, 3.05) is 37.8 Å². The quantitative estimate of drug-likeness (QED) is 0.691. The van der Waals surface area contributed by atoms with Gasteiger partial charge in [-0.15, -0.1) is 36.6 Å². The Balaban J connectivity index is 0.00000140. The molecule has 1 aromatic rings. The van der Waals surface area contributed by atoms with Crippen LogP contribution in [0.1, 0.15) is 30.7 Å². The number of benzene rings is 1. The average molecular weight is 487 g/mol. The predicted octanol–water partition coefficient (Wildman–Crippen LogP) is 4.28. The molecule has 0 unspecified atom stereocenters. The molecule has 4 nitrogen and oxygen atoms in total. The Morgan fingerprint density at radius 3 is 2.50 bits per heavy atom. The Morgan fingerprint density at radius 2 is 1.86 bits per heavy atom. The van der Waals surface area contributed by atoms with E-state index in [1.807, 2.05) is 28.8 Å². The van der Waals surface area contributed by atoms with Crippen LogP contribution < -0.4 is 5.32 Å². The molecule has 0 aromatic heterocycles. The van der Waals surface area contributed by atoms with Crippen molar-refractivity contribution in [1.29, 1.82) is 0 Å². The van der Waals surface area contributed by atoms with Crippen molar-refractivity contribution < 1.29 is 4.79 Å². The molecule has 28 heavy (non-hydrogen) atoms. The first-order valence-corrected chi connectivity index (χ1v) is 11.3. The molecule has 1 aromatic carbocycles. The first-order valence-electron chi connectivity index (χ1n) is 9.41. The number of halogens is 4. The molecular formula is C19H27Cl4N3OS. The van der Waals surface area contributed by atoms with Crippen LogP contribution in [0.15, 0.2) is 18.2 Å². The predicted molar refractivity (Wildman–Crippen MR) is 124 cm³/mol. The minimum Gasteiger partial charge on any atom is -0.331 e. The molecule has 0 radical (unpaired) electrons. The molecule has 158 valence electrons. The molecule has 4 rings (SSSR count). The number of piperidine rings is 1. The lowest BCUT2D eigenvalue weighted by Gasteiger charge is -2.36. The van der Waals surface area contributed by atoms with E-state index in [2.05, 4.69) is 16.3 Å². The summed E-state index contributed by atoms with van der Waals surface area (Å²) in [6.45, 7) is 3.99. The van der Waals surface area contributed by atoms with Crippen LogP contribution in [0.25, 0.3) is 0 Å². The van der Waals surface area contributed by atoms with Gasteiger partial charge in [0, 0.05) is 24.9 Å². The molecular weight excluding hydrogens is 460 g/mol. The van der Waals surface area contributed by atoms with Crippen LogP contribution in [0.2, 0.25) is 10.0 Å². The van der Waals surface area contributed by atoms with Crippen LogP contribution in [0.3, 0.4) is 0 Å². The van der Waals surface area contributed by atoms with Gasteiger partial charge in [0.2, 0.25) is 5.91 Å². The first-order chi connectivity index (χ1) is 12.6. The van der Waals surface area contributed by atoms with Crippen LogP contribution in [-0.2, 0) is 4.79 Å². The minimum absolute atomic E-state index is 0. The highest BCUT2D eigenvalue weighted by Crippen LogP contribution is 2.33. The molecule has 3 saturated heterocycles. The van der Waals surface area contributed by atoms with Gasteiger partial charge in [-0.2, -0.15) is 0 Å². The zero-order valence-electron chi connectivity index (χ0n) is 15.6. The van der Waals surface area contributed by atoms with Crippen LogP contribution in [-0.4, -0.2) is 65.6 Å². The van der Waals surface area contributed by atoms with Crippen molar-refractivity contribution in [1.82, 2.24) is 15.1 Å².